The van der Waals surface area contributed by atoms with Crippen molar-refractivity contribution in [2.45, 2.75) is 0 Å². The van der Waals surface area contributed by atoms with Crippen molar-refractivity contribution >= 4 is 12.2 Å². The predicted octanol–water partition coefficient (Wildman–Crippen LogP) is 3.26. The van der Waals surface area contributed by atoms with Crippen LogP contribution in [0.25, 0.3) is 22.8 Å². The molecule has 2 heterocycles. The number of aromatic nitrogens is 4. The number of nitrogens with one attached hydrogen (secondary N) is 1. The number of aromatic amines is 1. The molecule has 0 spiro atoms. The maximum Gasteiger partial charge on any atom is 0.158 e. The maximum atomic E-state index is 5.21. The quantitative estimate of drug-likeness (QED) is 0.723. The largest absolute Gasteiger partial charge is 0.338 e. The molecule has 0 atom stereocenters. The van der Waals surface area contributed by atoms with Crippen LogP contribution in [-0.2, 0) is 0 Å². The minimum atomic E-state index is 0.534. The van der Waals surface area contributed by atoms with Gasteiger partial charge in [0.05, 0.1) is 0 Å². The van der Waals surface area contributed by atoms with Crippen molar-refractivity contribution in [3.05, 3.63) is 59.6 Å². The van der Waals surface area contributed by atoms with Crippen LogP contribution in [0.1, 0.15) is 0 Å². The van der Waals surface area contributed by atoms with Gasteiger partial charge in [-0.3, -0.25) is 0 Å². The lowest BCUT2D eigenvalue weighted by molar-refractivity contribution is 1.10. The van der Waals surface area contributed by atoms with Gasteiger partial charge >= 0.3 is 0 Å². The van der Waals surface area contributed by atoms with E-state index >= 15 is 0 Å². The summed E-state index contributed by atoms with van der Waals surface area (Å²) in [5.74, 6) is 0.647. The molecule has 0 unspecified atom stereocenters. The van der Waals surface area contributed by atoms with Crippen LogP contribution in [-0.4, -0.2) is 19.9 Å². The standard InChI is InChI=1S/C14H10N4S/c19-13-8-12(10-4-2-1-3-5-10)17-14(18-13)11-6-7-15-9-16-11/h1-9H,(H,17,18,19). The van der Waals surface area contributed by atoms with Crippen LogP contribution >= 0.6 is 12.2 Å². The molecule has 0 amide bonds. The SMILES string of the molecule is S=c1cc(-c2ccccc2)[nH]c(-c2ccncn2)n1. The van der Waals surface area contributed by atoms with Crippen molar-refractivity contribution in [1.29, 1.82) is 0 Å². The topological polar surface area (TPSA) is 54.5 Å². The Morgan fingerprint density at radius 3 is 2.63 bits per heavy atom. The highest BCUT2D eigenvalue weighted by Crippen LogP contribution is 2.19. The summed E-state index contributed by atoms with van der Waals surface area (Å²) >= 11 is 5.21. The summed E-state index contributed by atoms with van der Waals surface area (Å²) in [6.45, 7) is 0. The third-order valence-corrected chi connectivity index (χ3v) is 2.86. The second-order valence-corrected chi connectivity index (χ2v) is 4.36. The fraction of sp³-hybridized carbons (Fsp3) is 0. The van der Waals surface area contributed by atoms with E-state index in [1.54, 1.807) is 12.3 Å². The van der Waals surface area contributed by atoms with Gasteiger partial charge in [-0.05, 0) is 17.7 Å². The summed E-state index contributed by atoms with van der Waals surface area (Å²) < 4.78 is 0.534. The van der Waals surface area contributed by atoms with Crippen molar-refractivity contribution in [1.82, 2.24) is 19.9 Å². The monoisotopic (exact) mass is 266 g/mol. The Kier molecular flexibility index (Phi) is 3.12. The fourth-order valence-corrected chi connectivity index (χ4v) is 1.99. The molecule has 0 saturated carbocycles. The molecule has 2 aromatic heterocycles. The van der Waals surface area contributed by atoms with Gasteiger partial charge < -0.3 is 4.98 Å². The van der Waals surface area contributed by atoms with E-state index in [9.17, 15) is 0 Å². The molecule has 4 nitrogen and oxygen atoms in total. The van der Waals surface area contributed by atoms with E-state index in [1.807, 2.05) is 36.4 Å². The lowest BCUT2D eigenvalue weighted by Crippen LogP contribution is -1.94. The first kappa shape index (κ1) is 11.7. The Bertz CT molecular complexity index is 677. The number of benzene rings is 1. The summed E-state index contributed by atoms with van der Waals surface area (Å²) in [6, 6.07) is 13.6. The summed E-state index contributed by atoms with van der Waals surface area (Å²) in [5, 5.41) is 0. The first-order chi connectivity index (χ1) is 9.33. The van der Waals surface area contributed by atoms with Crippen molar-refractivity contribution in [2.24, 2.45) is 0 Å². The normalized spacial score (nSPS) is 10.3. The highest BCUT2D eigenvalue weighted by atomic mass is 32.1. The van der Waals surface area contributed by atoms with E-state index in [0.29, 0.717) is 10.5 Å². The second kappa shape index (κ2) is 5.07. The maximum absolute atomic E-state index is 5.21. The molecule has 1 N–H and O–H groups in total. The number of H-pyrrole nitrogens is 1. The van der Waals surface area contributed by atoms with Gasteiger partial charge in [0.1, 0.15) is 16.7 Å². The molecular weight excluding hydrogens is 256 g/mol. The average Bonchev–Trinajstić information content (AvgIpc) is 2.48. The summed E-state index contributed by atoms with van der Waals surface area (Å²) in [5.41, 5.74) is 2.71. The molecule has 1 aromatic carbocycles. The molecule has 0 aliphatic heterocycles. The Morgan fingerprint density at radius 1 is 1.05 bits per heavy atom. The van der Waals surface area contributed by atoms with Crippen LogP contribution in [0.2, 0.25) is 0 Å². The molecular formula is C14H10N4S. The molecule has 0 aliphatic rings. The van der Waals surface area contributed by atoms with E-state index in [4.69, 9.17) is 12.2 Å². The average molecular weight is 266 g/mol. The number of hydrogen-bond acceptors (Lipinski definition) is 4. The van der Waals surface area contributed by atoms with Gasteiger partial charge in [-0.15, -0.1) is 0 Å². The zero-order valence-corrected chi connectivity index (χ0v) is 10.8. The highest BCUT2D eigenvalue weighted by Gasteiger charge is 2.04. The van der Waals surface area contributed by atoms with Crippen LogP contribution in [0.15, 0.2) is 55.0 Å². The number of hydrogen-bond donors (Lipinski definition) is 1. The Morgan fingerprint density at radius 2 is 1.89 bits per heavy atom. The zero-order valence-electron chi connectivity index (χ0n) is 9.95. The molecule has 3 rings (SSSR count). The first-order valence-corrected chi connectivity index (χ1v) is 6.17. The lowest BCUT2D eigenvalue weighted by Gasteiger charge is -2.05. The van der Waals surface area contributed by atoms with Crippen LogP contribution in [0, 0.1) is 4.64 Å². The molecule has 0 aliphatic carbocycles. The molecule has 92 valence electrons. The third kappa shape index (κ3) is 2.56. The fourth-order valence-electron chi connectivity index (χ4n) is 1.78. The summed E-state index contributed by atoms with van der Waals surface area (Å²) in [4.78, 5) is 15.6. The van der Waals surface area contributed by atoms with Crippen molar-refractivity contribution in [3.63, 3.8) is 0 Å². The van der Waals surface area contributed by atoms with Crippen molar-refractivity contribution in [2.75, 3.05) is 0 Å². The zero-order chi connectivity index (χ0) is 13.1. The Balaban J connectivity index is 2.15. The molecule has 5 heteroatoms. The van der Waals surface area contributed by atoms with Crippen LogP contribution in [0.4, 0.5) is 0 Å². The minimum absolute atomic E-state index is 0.534. The van der Waals surface area contributed by atoms with Crippen LogP contribution in [0.3, 0.4) is 0 Å². The van der Waals surface area contributed by atoms with Gasteiger partial charge in [-0.25, -0.2) is 15.0 Å². The number of nitrogens with zero attached hydrogens (tertiary/aromatic N) is 3. The summed E-state index contributed by atoms with van der Waals surface area (Å²) in [6.07, 6.45) is 3.17. The van der Waals surface area contributed by atoms with Gasteiger partial charge in [0.2, 0.25) is 0 Å². The van der Waals surface area contributed by atoms with Crippen LogP contribution in [0.5, 0.6) is 0 Å². The highest BCUT2D eigenvalue weighted by molar-refractivity contribution is 7.71. The van der Waals surface area contributed by atoms with Crippen molar-refractivity contribution in [3.8, 4) is 22.8 Å². The second-order valence-electron chi connectivity index (χ2n) is 3.94. The van der Waals surface area contributed by atoms with E-state index in [2.05, 4.69) is 19.9 Å². The molecule has 0 fully saturated rings. The van der Waals surface area contributed by atoms with E-state index in [0.717, 1.165) is 17.0 Å². The number of rotatable bonds is 2. The first-order valence-electron chi connectivity index (χ1n) is 5.76. The van der Waals surface area contributed by atoms with E-state index in [1.165, 1.54) is 6.33 Å². The van der Waals surface area contributed by atoms with Gasteiger partial charge in [0.15, 0.2) is 5.82 Å². The van der Waals surface area contributed by atoms with Crippen LogP contribution < -0.4 is 0 Å². The Hall–Kier alpha value is -2.40. The molecule has 19 heavy (non-hydrogen) atoms. The predicted molar refractivity (Wildman–Crippen MR) is 75.9 cm³/mol. The third-order valence-electron chi connectivity index (χ3n) is 2.65. The minimum Gasteiger partial charge on any atom is -0.338 e. The molecule has 0 bridgehead atoms. The Labute approximate surface area is 115 Å². The lowest BCUT2D eigenvalue weighted by atomic mass is 10.1. The molecule has 3 aromatic rings. The van der Waals surface area contributed by atoms with E-state index < -0.39 is 0 Å². The van der Waals surface area contributed by atoms with Gasteiger partial charge in [-0.2, -0.15) is 0 Å². The van der Waals surface area contributed by atoms with Crippen molar-refractivity contribution < 1.29 is 0 Å². The summed E-state index contributed by atoms with van der Waals surface area (Å²) in [7, 11) is 0. The van der Waals surface area contributed by atoms with Gasteiger partial charge in [-0.1, -0.05) is 42.5 Å². The van der Waals surface area contributed by atoms with E-state index in [-0.39, 0.29) is 0 Å². The smallest absolute Gasteiger partial charge is 0.158 e. The molecule has 0 saturated heterocycles. The molecule has 0 radical (unpaired) electrons. The van der Waals surface area contributed by atoms with Gasteiger partial charge in [0.25, 0.3) is 0 Å². The van der Waals surface area contributed by atoms with Gasteiger partial charge in [0, 0.05) is 11.9 Å².